The average molecular weight is 457 g/mol. The zero-order chi connectivity index (χ0) is 22.7. The summed E-state index contributed by atoms with van der Waals surface area (Å²) in [6.07, 6.45) is 3.43. The van der Waals surface area contributed by atoms with E-state index in [9.17, 15) is 14.4 Å². The van der Waals surface area contributed by atoms with E-state index < -0.39 is 0 Å². The van der Waals surface area contributed by atoms with Crippen molar-refractivity contribution < 1.29 is 14.0 Å². The fraction of sp³-hybridized carbons (Fsp3) is 0.391. The summed E-state index contributed by atoms with van der Waals surface area (Å²) in [6.45, 7) is 3.78. The number of benzene rings is 1. The lowest BCUT2D eigenvalue weighted by atomic mass is 9.95. The maximum atomic E-state index is 13.3. The van der Waals surface area contributed by atoms with Gasteiger partial charge in [0.2, 0.25) is 5.91 Å². The van der Waals surface area contributed by atoms with E-state index in [4.69, 9.17) is 16.0 Å². The van der Waals surface area contributed by atoms with E-state index in [2.05, 4.69) is 9.97 Å². The number of carbonyl (C=O) groups is 2. The first kappa shape index (κ1) is 22.1. The number of carbonyl (C=O) groups excluding carboxylic acids is 2. The first-order chi connectivity index (χ1) is 15.5. The highest BCUT2D eigenvalue weighted by Gasteiger charge is 2.31. The van der Waals surface area contributed by atoms with Crippen LogP contribution in [0.4, 0.5) is 0 Å². The smallest absolute Gasteiger partial charge is 0.289 e. The van der Waals surface area contributed by atoms with Gasteiger partial charge in [-0.05, 0) is 49.6 Å². The highest BCUT2D eigenvalue weighted by Crippen LogP contribution is 2.22. The molecule has 4 rings (SSSR count). The third-order valence-corrected chi connectivity index (χ3v) is 5.96. The fourth-order valence-electron chi connectivity index (χ4n) is 4.10. The van der Waals surface area contributed by atoms with Gasteiger partial charge in [-0.1, -0.05) is 18.5 Å². The van der Waals surface area contributed by atoms with Crippen LogP contribution in [0.3, 0.4) is 0 Å². The van der Waals surface area contributed by atoms with E-state index in [1.807, 2.05) is 6.92 Å². The van der Waals surface area contributed by atoms with E-state index in [0.717, 1.165) is 6.42 Å². The van der Waals surface area contributed by atoms with Crippen molar-refractivity contribution in [3.05, 3.63) is 63.6 Å². The minimum Gasteiger partial charge on any atom is -0.459 e. The zero-order valence-corrected chi connectivity index (χ0v) is 18.6. The predicted octanol–water partition coefficient (Wildman–Crippen LogP) is 3.46. The Morgan fingerprint density at radius 1 is 1.28 bits per heavy atom. The molecule has 1 aromatic carbocycles. The molecule has 0 atom stereocenters. The molecule has 3 heterocycles. The van der Waals surface area contributed by atoms with E-state index in [0.29, 0.717) is 60.0 Å². The monoisotopic (exact) mass is 456 g/mol. The topological polar surface area (TPSA) is 99.5 Å². The largest absolute Gasteiger partial charge is 0.459 e. The molecule has 0 saturated carbocycles. The Hall–Kier alpha value is -3.13. The number of rotatable bonds is 6. The van der Waals surface area contributed by atoms with Crippen molar-refractivity contribution in [2.45, 2.75) is 32.7 Å². The van der Waals surface area contributed by atoms with Crippen molar-refractivity contribution in [3.63, 3.8) is 0 Å². The van der Waals surface area contributed by atoms with Crippen molar-refractivity contribution in [1.82, 2.24) is 19.8 Å². The maximum Gasteiger partial charge on any atom is 0.289 e. The third kappa shape index (κ3) is 4.70. The van der Waals surface area contributed by atoms with Gasteiger partial charge in [0.15, 0.2) is 5.76 Å². The lowest BCUT2D eigenvalue weighted by Crippen LogP contribution is -2.44. The van der Waals surface area contributed by atoms with Crippen LogP contribution in [-0.2, 0) is 11.3 Å². The molecule has 1 fully saturated rings. The van der Waals surface area contributed by atoms with E-state index in [1.165, 1.54) is 6.26 Å². The number of nitrogens with zero attached hydrogens (tertiary/aromatic N) is 3. The molecule has 2 amide bonds. The maximum absolute atomic E-state index is 13.3. The van der Waals surface area contributed by atoms with Gasteiger partial charge in [-0.25, -0.2) is 4.98 Å². The van der Waals surface area contributed by atoms with Gasteiger partial charge < -0.3 is 19.2 Å². The Bertz CT molecular complexity index is 1170. The standard InChI is InChI=1S/C23H25ClN4O4/c1-2-9-28(14-20-25-18-13-16(24)5-6-17(18)21(29)26-20)22(30)15-7-10-27(11-8-15)23(31)19-4-3-12-32-19/h3-6,12-13,15H,2,7-11,14H2,1H3,(H,25,26,29). The summed E-state index contributed by atoms with van der Waals surface area (Å²) in [4.78, 5) is 48.9. The van der Waals surface area contributed by atoms with Gasteiger partial charge in [-0.3, -0.25) is 14.4 Å². The average Bonchev–Trinajstić information content (AvgIpc) is 3.32. The molecule has 0 spiro atoms. The molecule has 1 aliphatic heterocycles. The number of furan rings is 1. The molecule has 32 heavy (non-hydrogen) atoms. The molecule has 1 aliphatic rings. The predicted molar refractivity (Wildman–Crippen MR) is 120 cm³/mol. The molecule has 0 aliphatic carbocycles. The molecular weight excluding hydrogens is 432 g/mol. The molecular formula is C23H25ClN4O4. The summed E-state index contributed by atoms with van der Waals surface area (Å²) < 4.78 is 5.20. The minimum atomic E-state index is -0.254. The molecule has 8 nitrogen and oxygen atoms in total. The molecule has 9 heteroatoms. The summed E-state index contributed by atoms with van der Waals surface area (Å²) in [5, 5.41) is 0.957. The van der Waals surface area contributed by atoms with Crippen molar-refractivity contribution in [2.24, 2.45) is 5.92 Å². The number of fused-ring (bicyclic) bond motifs is 1. The Morgan fingerprint density at radius 2 is 2.06 bits per heavy atom. The molecule has 0 radical (unpaired) electrons. The molecule has 1 saturated heterocycles. The number of hydrogen-bond donors (Lipinski definition) is 1. The number of nitrogens with one attached hydrogen (secondary N) is 1. The summed E-state index contributed by atoms with van der Waals surface area (Å²) in [6, 6.07) is 8.27. The van der Waals surface area contributed by atoms with E-state index in [-0.39, 0.29) is 29.8 Å². The van der Waals surface area contributed by atoms with Gasteiger partial charge in [-0.15, -0.1) is 0 Å². The number of piperidine rings is 1. The van der Waals surface area contributed by atoms with Crippen molar-refractivity contribution in [2.75, 3.05) is 19.6 Å². The van der Waals surface area contributed by atoms with Crippen LogP contribution in [0.1, 0.15) is 42.6 Å². The highest BCUT2D eigenvalue weighted by atomic mass is 35.5. The molecule has 168 valence electrons. The number of aromatic amines is 1. The Kier molecular flexibility index (Phi) is 6.60. The van der Waals surface area contributed by atoms with Crippen LogP contribution < -0.4 is 5.56 Å². The van der Waals surface area contributed by atoms with E-state index >= 15 is 0 Å². The first-order valence-corrected chi connectivity index (χ1v) is 11.1. The second-order valence-electron chi connectivity index (χ2n) is 7.98. The van der Waals surface area contributed by atoms with Crippen molar-refractivity contribution >= 4 is 34.3 Å². The van der Waals surface area contributed by atoms with Gasteiger partial charge in [-0.2, -0.15) is 0 Å². The number of H-pyrrole nitrogens is 1. The third-order valence-electron chi connectivity index (χ3n) is 5.73. The number of aromatic nitrogens is 2. The van der Waals surface area contributed by atoms with Crippen LogP contribution in [0.15, 0.2) is 45.8 Å². The molecule has 0 bridgehead atoms. The molecule has 2 aromatic heterocycles. The zero-order valence-electron chi connectivity index (χ0n) is 17.8. The second-order valence-corrected chi connectivity index (χ2v) is 8.41. The Morgan fingerprint density at radius 3 is 2.75 bits per heavy atom. The minimum absolute atomic E-state index is 0.0192. The molecule has 1 N–H and O–H groups in total. The van der Waals surface area contributed by atoms with Crippen LogP contribution in [0.5, 0.6) is 0 Å². The lowest BCUT2D eigenvalue weighted by Gasteiger charge is -2.33. The van der Waals surface area contributed by atoms with Crippen LogP contribution in [-0.4, -0.2) is 51.2 Å². The van der Waals surface area contributed by atoms with Gasteiger partial charge >= 0.3 is 0 Å². The van der Waals surface area contributed by atoms with Crippen LogP contribution in [0, 0.1) is 5.92 Å². The van der Waals surface area contributed by atoms with E-state index in [1.54, 1.807) is 40.1 Å². The number of halogens is 1. The normalized spacial score (nSPS) is 14.6. The molecule has 0 unspecified atom stereocenters. The summed E-state index contributed by atoms with van der Waals surface area (Å²) in [5.41, 5.74) is 0.250. The van der Waals surface area contributed by atoms with Gasteiger partial charge in [0.1, 0.15) is 5.82 Å². The number of hydrogen-bond acceptors (Lipinski definition) is 5. The van der Waals surface area contributed by atoms with Crippen LogP contribution >= 0.6 is 11.6 Å². The summed E-state index contributed by atoms with van der Waals surface area (Å²) in [7, 11) is 0. The number of amides is 2. The Labute approximate surface area is 190 Å². The second kappa shape index (κ2) is 9.56. The van der Waals surface area contributed by atoms with Crippen LogP contribution in [0.25, 0.3) is 10.9 Å². The number of likely N-dealkylation sites (tertiary alicyclic amines) is 1. The van der Waals surface area contributed by atoms with Gasteiger partial charge in [0.25, 0.3) is 11.5 Å². The summed E-state index contributed by atoms with van der Waals surface area (Å²) >= 11 is 6.05. The quantitative estimate of drug-likeness (QED) is 0.612. The fourth-order valence-corrected chi connectivity index (χ4v) is 4.26. The molecule has 3 aromatic rings. The van der Waals surface area contributed by atoms with Crippen LogP contribution in [0.2, 0.25) is 5.02 Å². The Balaban J connectivity index is 1.45. The van der Waals surface area contributed by atoms with Gasteiger partial charge in [0, 0.05) is 30.6 Å². The summed E-state index contributed by atoms with van der Waals surface area (Å²) in [5.74, 6) is 0.434. The highest BCUT2D eigenvalue weighted by molar-refractivity contribution is 6.31. The van der Waals surface area contributed by atoms with Gasteiger partial charge in [0.05, 0.1) is 23.7 Å². The first-order valence-electron chi connectivity index (χ1n) is 10.8. The SMILES string of the molecule is CCCN(Cc1nc2cc(Cl)ccc2c(=O)[nH]1)C(=O)C1CCN(C(=O)c2ccco2)CC1. The van der Waals surface area contributed by atoms with Crippen molar-refractivity contribution in [1.29, 1.82) is 0 Å². The lowest BCUT2D eigenvalue weighted by molar-refractivity contribution is -0.137. The van der Waals surface area contributed by atoms with Crippen molar-refractivity contribution in [3.8, 4) is 0 Å².